The van der Waals surface area contributed by atoms with Crippen LogP contribution >= 0.6 is 24.8 Å². The topological polar surface area (TPSA) is 52.0 Å². The summed E-state index contributed by atoms with van der Waals surface area (Å²) in [5.41, 5.74) is 16.6. The molecule has 0 saturated heterocycles. The molecule has 18 heavy (non-hydrogen) atoms. The van der Waals surface area contributed by atoms with Gasteiger partial charge in [0.15, 0.2) is 0 Å². The maximum atomic E-state index is 5.94. The largest absolute Gasteiger partial charge is 0.399 e. The van der Waals surface area contributed by atoms with Gasteiger partial charge in [-0.1, -0.05) is 31.2 Å². The van der Waals surface area contributed by atoms with Gasteiger partial charge in [0.05, 0.1) is 0 Å². The first-order valence-corrected chi connectivity index (χ1v) is 5.45. The van der Waals surface area contributed by atoms with Gasteiger partial charge in [-0.15, -0.1) is 24.8 Å². The molecule has 0 amide bonds. The summed E-state index contributed by atoms with van der Waals surface area (Å²) in [6.45, 7) is 2.14. The third-order valence-corrected chi connectivity index (χ3v) is 2.75. The number of hydrogen-bond acceptors (Lipinski definition) is 2. The Morgan fingerprint density at radius 3 is 2.06 bits per heavy atom. The average molecular weight is 285 g/mol. The number of halogens is 2. The Morgan fingerprint density at radius 2 is 1.50 bits per heavy atom. The Labute approximate surface area is 120 Å². The zero-order chi connectivity index (χ0) is 11.5. The summed E-state index contributed by atoms with van der Waals surface area (Å²) >= 11 is 0. The minimum absolute atomic E-state index is 0. The van der Waals surface area contributed by atoms with Gasteiger partial charge < -0.3 is 11.5 Å². The number of benzene rings is 2. The van der Waals surface area contributed by atoms with Crippen molar-refractivity contribution in [2.75, 3.05) is 11.5 Å². The smallest absolute Gasteiger partial charge is 0.0395 e. The van der Waals surface area contributed by atoms with Gasteiger partial charge >= 0.3 is 0 Å². The van der Waals surface area contributed by atoms with Crippen LogP contribution < -0.4 is 11.5 Å². The van der Waals surface area contributed by atoms with Gasteiger partial charge in [0, 0.05) is 16.9 Å². The number of nitrogen functional groups attached to an aromatic ring is 2. The van der Waals surface area contributed by atoms with E-state index in [4.69, 9.17) is 11.5 Å². The van der Waals surface area contributed by atoms with E-state index in [-0.39, 0.29) is 24.8 Å². The maximum absolute atomic E-state index is 5.94. The van der Waals surface area contributed by atoms with Crippen molar-refractivity contribution in [2.24, 2.45) is 0 Å². The molecule has 0 saturated carbocycles. The molecule has 0 aliphatic carbocycles. The minimum Gasteiger partial charge on any atom is -0.399 e. The average Bonchev–Trinajstić information content (AvgIpc) is 2.32. The van der Waals surface area contributed by atoms with E-state index < -0.39 is 0 Å². The van der Waals surface area contributed by atoms with E-state index in [0.29, 0.717) is 0 Å². The van der Waals surface area contributed by atoms with E-state index in [9.17, 15) is 0 Å². The first kappa shape index (κ1) is 16.6. The lowest BCUT2D eigenvalue weighted by molar-refractivity contribution is 1.14. The Balaban J connectivity index is 0.00000144. The molecular weight excluding hydrogens is 267 g/mol. The van der Waals surface area contributed by atoms with Crippen molar-refractivity contribution in [3.8, 4) is 11.1 Å². The van der Waals surface area contributed by atoms with Crippen molar-refractivity contribution in [1.82, 2.24) is 0 Å². The van der Waals surface area contributed by atoms with Gasteiger partial charge in [-0.2, -0.15) is 0 Å². The molecule has 0 heterocycles. The summed E-state index contributed by atoms with van der Waals surface area (Å²) in [5.74, 6) is 0. The number of aryl methyl sites for hydroxylation is 1. The molecule has 0 aromatic heterocycles. The molecule has 0 bridgehead atoms. The van der Waals surface area contributed by atoms with Gasteiger partial charge in [-0.3, -0.25) is 0 Å². The third-order valence-electron chi connectivity index (χ3n) is 2.75. The van der Waals surface area contributed by atoms with Crippen molar-refractivity contribution in [3.63, 3.8) is 0 Å². The lowest BCUT2D eigenvalue weighted by Crippen LogP contribution is -1.93. The van der Waals surface area contributed by atoms with Gasteiger partial charge in [0.1, 0.15) is 0 Å². The Kier molecular flexibility index (Phi) is 6.60. The molecule has 0 radical (unpaired) electrons. The molecule has 0 aliphatic rings. The summed E-state index contributed by atoms with van der Waals surface area (Å²) in [6, 6.07) is 14.0. The standard InChI is InChI=1S/C14H16N2.2ClH/c1-2-10-3-5-11(6-4-10)13-9-12(15)7-8-14(13)16;;/h3-9H,2,15-16H2,1H3;2*1H. The van der Waals surface area contributed by atoms with Crippen LogP contribution in [0.1, 0.15) is 12.5 Å². The lowest BCUT2D eigenvalue weighted by atomic mass is 10.0. The van der Waals surface area contributed by atoms with Crippen molar-refractivity contribution < 1.29 is 0 Å². The third kappa shape index (κ3) is 3.56. The molecule has 0 fully saturated rings. The predicted octanol–water partition coefficient (Wildman–Crippen LogP) is 3.92. The van der Waals surface area contributed by atoms with Gasteiger partial charge in [0.2, 0.25) is 0 Å². The molecule has 0 atom stereocenters. The van der Waals surface area contributed by atoms with Crippen LogP contribution in [-0.4, -0.2) is 0 Å². The van der Waals surface area contributed by atoms with Crippen molar-refractivity contribution >= 4 is 36.2 Å². The second-order valence-corrected chi connectivity index (χ2v) is 3.90. The molecule has 2 rings (SSSR count). The molecule has 2 aromatic carbocycles. The predicted molar refractivity (Wildman–Crippen MR) is 84.6 cm³/mol. The van der Waals surface area contributed by atoms with Crippen molar-refractivity contribution in [2.45, 2.75) is 13.3 Å². The zero-order valence-corrected chi connectivity index (χ0v) is 11.9. The van der Waals surface area contributed by atoms with Crippen LogP contribution in [0.5, 0.6) is 0 Å². The lowest BCUT2D eigenvalue weighted by Gasteiger charge is -2.07. The fourth-order valence-electron chi connectivity index (χ4n) is 1.74. The number of hydrogen-bond donors (Lipinski definition) is 2. The van der Waals surface area contributed by atoms with E-state index in [0.717, 1.165) is 28.9 Å². The Bertz CT molecular complexity index is 496. The molecular formula is C14H18Cl2N2. The first-order chi connectivity index (χ1) is 7.70. The van der Waals surface area contributed by atoms with Gasteiger partial charge in [-0.05, 0) is 35.7 Å². The molecule has 2 nitrogen and oxygen atoms in total. The van der Waals surface area contributed by atoms with Crippen molar-refractivity contribution in [1.29, 1.82) is 0 Å². The van der Waals surface area contributed by atoms with Crippen LogP contribution in [0.25, 0.3) is 11.1 Å². The molecule has 4 heteroatoms. The summed E-state index contributed by atoms with van der Waals surface area (Å²) in [6.07, 6.45) is 1.05. The highest BCUT2D eigenvalue weighted by Gasteiger charge is 2.02. The van der Waals surface area contributed by atoms with Crippen LogP contribution in [0.4, 0.5) is 11.4 Å². The van der Waals surface area contributed by atoms with E-state index in [1.54, 1.807) is 0 Å². The highest BCUT2D eigenvalue weighted by molar-refractivity contribution is 5.85. The Hall–Kier alpha value is -1.38. The Morgan fingerprint density at radius 1 is 0.889 bits per heavy atom. The molecule has 0 spiro atoms. The quantitative estimate of drug-likeness (QED) is 0.821. The number of rotatable bonds is 2. The van der Waals surface area contributed by atoms with E-state index in [2.05, 4.69) is 31.2 Å². The summed E-state index contributed by atoms with van der Waals surface area (Å²) in [5, 5.41) is 0. The monoisotopic (exact) mass is 284 g/mol. The summed E-state index contributed by atoms with van der Waals surface area (Å²) in [4.78, 5) is 0. The summed E-state index contributed by atoms with van der Waals surface area (Å²) in [7, 11) is 0. The van der Waals surface area contributed by atoms with Crippen LogP contribution in [0, 0.1) is 0 Å². The van der Waals surface area contributed by atoms with E-state index in [1.165, 1.54) is 5.56 Å². The molecule has 0 aliphatic heterocycles. The van der Waals surface area contributed by atoms with Gasteiger partial charge in [-0.25, -0.2) is 0 Å². The molecule has 98 valence electrons. The molecule has 0 unspecified atom stereocenters. The fourth-order valence-corrected chi connectivity index (χ4v) is 1.74. The fraction of sp³-hybridized carbons (Fsp3) is 0.143. The van der Waals surface area contributed by atoms with Crippen LogP contribution in [0.15, 0.2) is 42.5 Å². The summed E-state index contributed by atoms with van der Waals surface area (Å²) < 4.78 is 0. The first-order valence-electron chi connectivity index (χ1n) is 5.45. The second-order valence-electron chi connectivity index (χ2n) is 3.90. The highest BCUT2D eigenvalue weighted by atomic mass is 35.5. The van der Waals surface area contributed by atoms with Gasteiger partial charge in [0.25, 0.3) is 0 Å². The number of nitrogens with two attached hydrogens (primary N) is 2. The van der Waals surface area contributed by atoms with Crippen LogP contribution in [-0.2, 0) is 6.42 Å². The SMILES string of the molecule is CCc1ccc(-c2cc(N)ccc2N)cc1.Cl.Cl. The second kappa shape index (κ2) is 7.14. The van der Waals surface area contributed by atoms with Crippen LogP contribution in [0.3, 0.4) is 0 Å². The maximum Gasteiger partial charge on any atom is 0.0395 e. The highest BCUT2D eigenvalue weighted by Crippen LogP contribution is 2.28. The van der Waals surface area contributed by atoms with E-state index >= 15 is 0 Å². The zero-order valence-electron chi connectivity index (χ0n) is 10.2. The van der Waals surface area contributed by atoms with Crippen molar-refractivity contribution in [3.05, 3.63) is 48.0 Å². The molecule has 2 aromatic rings. The normalized spacial score (nSPS) is 9.17. The van der Waals surface area contributed by atoms with Crippen LogP contribution in [0.2, 0.25) is 0 Å². The minimum atomic E-state index is 0. The van der Waals surface area contributed by atoms with E-state index in [1.807, 2.05) is 18.2 Å². The number of anilines is 2. The molecule has 4 N–H and O–H groups in total.